The fourth-order valence-electron chi connectivity index (χ4n) is 4.76. The summed E-state index contributed by atoms with van der Waals surface area (Å²) in [6.45, 7) is 1.28. The minimum Gasteiger partial charge on any atom is -0.445 e. The molecule has 2 aliphatic heterocycles. The highest BCUT2D eigenvalue weighted by Crippen LogP contribution is 2.44. The second-order valence-corrected chi connectivity index (χ2v) is 10.9. The number of hydrogen-bond acceptors (Lipinski definition) is 5. The Kier molecular flexibility index (Phi) is 7.13. The third-order valence-electron chi connectivity index (χ3n) is 6.53. The fraction of sp³-hybridized carbons (Fsp3) is 0.259. The highest BCUT2D eigenvalue weighted by atomic mass is 79.9. The van der Waals surface area contributed by atoms with Crippen molar-refractivity contribution >= 4 is 39.7 Å². The summed E-state index contributed by atoms with van der Waals surface area (Å²) in [4.78, 5) is 27.7. The number of benzene rings is 3. The van der Waals surface area contributed by atoms with E-state index in [1.165, 1.54) is 0 Å². The number of ether oxygens (including phenoxy) is 1. The highest BCUT2D eigenvalue weighted by Gasteiger charge is 2.53. The Bertz CT molecular complexity index is 1200. The Hall–Kier alpha value is -2.81. The molecule has 3 aromatic rings. The molecule has 2 aliphatic rings. The van der Waals surface area contributed by atoms with E-state index >= 15 is 0 Å². The summed E-state index contributed by atoms with van der Waals surface area (Å²) in [5.41, 5.74) is 1.85. The molecule has 5 rings (SSSR count). The molecule has 8 heteroatoms. The molecule has 0 aliphatic carbocycles. The van der Waals surface area contributed by atoms with E-state index in [-0.39, 0.29) is 30.0 Å². The van der Waals surface area contributed by atoms with E-state index in [0.717, 1.165) is 21.4 Å². The number of rotatable bonds is 5. The lowest BCUT2D eigenvalue weighted by molar-refractivity contribution is 0.0923. The van der Waals surface area contributed by atoms with Gasteiger partial charge < -0.3 is 15.0 Å². The van der Waals surface area contributed by atoms with Gasteiger partial charge in [0.05, 0.1) is 5.54 Å². The van der Waals surface area contributed by atoms with E-state index in [9.17, 15) is 9.59 Å². The second kappa shape index (κ2) is 10.4. The summed E-state index contributed by atoms with van der Waals surface area (Å²) in [5.74, 6) is 0.827. The number of halogens is 1. The Labute approximate surface area is 217 Å². The zero-order chi connectivity index (χ0) is 24.3. The van der Waals surface area contributed by atoms with E-state index < -0.39 is 5.54 Å². The average molecular weight is 552 g/mol. The summed E-state index contributed by atoms with van der Waals surface area (Å²) in [6.07, 6.45) is -0.325. The zero-order valence-corrected chi connectivity index (χ0v) is 21.4. The van der Waals surface area contributed by atoms with Gasteiger partial charge in [-0.15, -0.1) is 11.8 Å². The van der Waals surface area contributed by atoms with Gasteiger partial charge in [-0.3, -0.25) is 10.1 Å². The van der Waals surface area contributed by atoms with Gasteiger partial charge in [-0.25, -0.2) is 4.79 Å². The van der Waals surface area contributed by atoms with Crippen LogP contribution in [0, 0.1) is 5.92 Å². The van der Waals surface area contributed by atoms with Crippen molar-refractivity contribution in [2.45, 2.75) is 17.6 Å². The van der Waals surface area contributed by atoms with Crippen LogP contribution in [-0.4, -0.2) is 41.2 Å². The largest absolute Gasteiger partial charge is 0.445 e. The molecule has 3 aromatic carbocycles. The molecule has 180 valence electrons. The first-order chi connectivity index (χ1) is 17.0. The molecule has 2 heterocycles. The van der Waals surface area contributed by atoms with Crippen molar-refractivity contribution in [3.63, 3.8) is 0 Å². The van der Waals surface area contributed by atoms with E-state index in [1.807, 2.05) is 60.7 Å². The number of carbonyl (C=O) groups is 2. The van der Waals surface area contributed by atoms with E-state index in [2.05, 4.69) is 38.7 Å². The number of thioether (sulfide) groups is 1. The van der Waals surface area contributed by atoms with Gasteiger partial charge in [0.25, 0.3) is 5.91 Å². The van der Waals surface area contributed by atoms with Gasteiger partial charge >= 0.3 is 6.09 Å². The smallest absolute Gasteiger partial charge is 0.410 e. The Morgan fingerprint density at radius 1 is 1.06 bits per heavy atom. The van der Waals surface area contributed by atoms with Crippen molar-refractivity contribution in [3.05, 3.63) is 106 Å². The Morgan fingerprint density at radius 2 is 1.80 bits per heavy atom. The third kappa shape index (κ3) is 5.24. The Balaban J connectivity index is 1.35. The molecular weight excluding hydrogens is 526 g/mol. The van der Waals surface area contributed by atoms with E-state index in [1.54, 1.807) is 28.8 Å². The average Bonchev–Trinajstić information content (AvgIpc) is 3.29. The van der Waals surface area contributed by atoms with E-state index in [0.29, 0.717) is 18.7 Å². The van der Waals surface area contributed by atoms with Crippen molar-refractivity contribution in [1.82, 2.24) is 15.5 Å². The molecule has 0 spiro atoms. The first-order valence-electron chi connectivity index (χ1n) is 11.5. The molecule has 3 atom stereocenters. The minimum absolute atomic E-state index is 0.129. The monoisotopic (exact) mass is 551 g/mol. The molecule has 6 nitrogen and oxygen atoms in total. The molecule has 2 fully saturated rings. The molecule has 0 aromatic heterocycles. The number of fused-ring (bicyclic) bond motifs is 1. The maximum Gasteiger partial charge on any atom is 0.410 e. The van der Waals surface area contributed by atoms with Crippen LogP contribution >= 0.6 is 27.7 Å². The predicted molar refractivity (Wildman–Crippen MR) is 141 cm³/mol. The van der Waals surface area contributed by atoms with Crippen LogP contribution in [0.25, 0.3) is 0 Å². The Morgan fingerprint density at radius 3 is 2.54 bits per heavy atom. The lowest BCUT2D eigenvalue weighted by atomic mass is 9.81. The van der Waals surface area contributed by atoms with Gasteiger partial charge in [-0.1, -0.05) is 76.6 Å². The molecule has 2 saturated heterocycles. The van der Waals surface area contributed by atoms with Crippen LogP contribution in [0.4, 0.5) is 4.79 Å². The number of nitrogens with zero attached hydrogens (tertiary/aromatic N) is 1. The van der Waals surface area contributed by atoms with Crippen LogP contribution < -0.4 is 10.6 Å². The molecule has 3 unspecified atom stereocenters. The first-order valence-corrected chi connectivity index (χ1v) is 13.3. The summed E-state index contributed by atoms with van der Waals surface area (Å²) >= 11 is 5.25. The number of amides is 2. The number of likely N-dealkylation sites (tertiary alicyclic amines) is 1. The van der Waals surface area contributed by atoms with Crippen molar-refractivity contribution in [1.29, 1.82) is 0 Å². The molecule has 2 amide bonds. The maximum atomic E-state index is 13.0. The third-order valence-corrected chi connectivity index (χ3v) is 8.19. The van der Waals surface area contributed by atoms with Crippen LogP contribution in [0.2, 0.25) is 0 Å². The summed E-state index contributed by atoms with van der Waals surface area (Å²) < 4.78 is 6.62. The van der Waals surface area contributed by atoms with Crippen LogP contribution in [0.3, 0.4) is 0 Å². The predicted octanol–water partition coefficient (Wildman–Crippen LogP) is 4.96. The summed E-state index contributed by atoms with van der Waals surface area (Å²) in [5, 5.41) is 6.81. The number of carbonyl (C=O) groups excluding carboxylic acids is 2. The van der Waals surface area contributed by atoms with E-state index in [4.69, 9.17) is 4.74 Å². The quantitative estimate of drug-likeness (QED) is 0.468. The summed E-state index contributed by atoms with van der Waals surface area (Å²) in [6, 6.07) is 27.0. The SMILES string of the molecule is O=C(NC1NC2(c3cccc(Br)c3)CN(C(=O)OCc3ccccc3)CC2CS1)c1ccccc1. The minimum atomic E-state index is -0.505. The first kappa shape index (κ1) is 23.9. The fourth-order valence-corrected chi connectivity index (χ4v) is 6.46. The molecule has 2 N–H and O–H groups in total. The van der Waals surface area contributed by atoms with Crippen molar-refractivity contribution in [3.8, 4) is 0 Å². The van der Waals surface area contributed by atoms with Gasteiger partial charge in [0.2, 0.25) is 0 Å². The topological polar surface area (TPSA) is 70.7 Å². The number of hydrogen-bond donors (Lipinski definition) is 2. The van der Waals surface area contributed by atoms with Gasteiger partial charge in [0, 0.05) is 34.8 Å². The lowest BCUT2D eigenvalue weighted by Gasteiger charge is -2.43. The van der Waals surface area contributed by atoms with Crippen LogP contribution in [0.15, 0.2) is 89.4 Å². The summed E-state index contributed by atoms with van der Waals surface area (Å²) in [7, 11) is 0. The molecular formula is C27H26BrN3O3S. The lowest BCUT2D eigenvalue weighted by Crippen LogP contribution is -2.61. The van der Waals surface area contributed by atoms with Crippen LogP contribution in [-0.2, 0) is 16.9 Å². The van der Waals surface area contributed by atoms with Gasteiger partial charge in [0.1, 0.15) is 12.1 Å². The zero-order valence-electron chi connectivity index (χ0n) is 19.0. The van der Waals surface area contributed by atoms with Crippen LogP contribution in [0.1, 0.15) is 21.5 Å². The maximum absolute atomic E-state index is 13.0. The van der Waals surface area contributed by atoms with Gasteiger partial charge in [-0.05, 0) is 35.4 Å². The molecule has 0 bridgehead atoms. The molecule has 35 heavy (non-hydrogen) atoms. The van der Waals surface area contributed by atoms with Crippen LogP contribution in [0.5, 0.6) is 0 Å². The van der Waals surface area contributed by atoms with Crippen molar-refractivity contribution in [2.24, 2.45) is 5.92 Å². The highest BCUT2D eigenvalue weighted by molar-refractivity contribution is 9.10. The van der Waals surface area contributed by atoms with Gasteiger partial charge in [0.15, 0.2) is 0 Å². The second-order valence-electron chi connectivity index (χ2n) is 8.80. The van der Waals surface area contributed by atoms with Crippen molar-refractivity contribution in [2.75, 3.05) is 18.8 Å². The number of nitrogens with one attached hydrogen (secondary N) is 2. The standard InChI is InChI=1S/C27H26BrN3O3S/c28-23-13-7-12-21(14-23)27-18-31(26(33)34-16-19-8-3-1-4-9-19)15-22(27)17-35-25(30-27)29-24(32)20-10-5-2-6-11-20/h1-14,22,25,30H,15-18H2,(H,29,32). The molecule has 0 saturated carbocycles. The van der Waals surface area contributed by atoms with Gasteiger partial charge in [-0.2, -0.15) is 0 Å². The molecule has 0 radical (unpaired) electrons. The van der Waals surface area contributed by atoms with Crippen molar-refractivity contribution < 1.29 is 14.3 Å². The normalized spacial score (nSPS) is 23.4.